The predicted octanol–water partition coefficient (Wildman–Crippen LogP) is 2.01. The molecule has 0 spiro atoms. The van der Waals surface area contributed by atoms with Gasteiger partial charge >= 0.3 is 0 Å². The lowest BCUT2D eigenvalue weighted by Gasteiger charge is -2.33. The van der Waals surface area contributed by atoms with Gasteiger partial charge in [-0.3, -0.25) is 4.90 Å². The Kier molecular flexibility index (Phi) is 5.85. The van der Waals surface area contributed by atoms with Gasteiger partial charge in [0.15, 0.2) is 0 Å². The first-order valence-corrected chi connectivity index (χ1v) is 7.41. The van der Waals surface area contributed by atoms with E-state index in [4.69, 9.17) is 10.00 Å². The maximum atomic E-state index is 8.75. The monoisotopic (exact) mass is 273 g/mol. The SMILES string of the molecule is CCN(CCOc1ccc(C#N)cc1)C1CCNCC1. The van der Waals surface area contributed by atoms with Crippen molar-refractivity contribution in [3.05, 3.63) is 29.8 Å². The van der Waals surface area contributed by atoms with E-state index in [1.165, 1.54) is 12.8 Å². The third-order valence-electron chi connectivity index (χ3n) is 3.86. The number of ether oxygens (including phenoxy) is 1. The molecule has 0 saturated carbocycles. The predicted molar refractivity (Wildman–Crippen MR) is 79.8 cm³/mol. The summed E-state index contributed by atoms with van der Waals surface area (Å²) >= 11 is 0. The van der Waals surface area contributed by atoms with Crippen molar-refractivity contribution in [3.8, 4) is 11.8 Å². The molecule has 1 aliphatic rings. The maximum absolute atomic E-state index is 8.75. The molecule has 20 heavy (non-hydrogen) atoms. The van der Waals surface area contributed by atoms with Gasteiger partial charge in [0.05, 0.1) is 11.6 Å². The molecule has 1 heterocycles. The van der Waals surface area contributed by atoms with Gasteiger partial charge < -0.3 is 10.1 Å². The minimum absolute atomic E-state index is 0.669. The van der Waals surface area contributed by atoms with Gasteiger partial charge in [0, 0.05) is 12.6 Å². The van der Waals surface area contributed by atoms with Crippen LogP contribution >= 0.6 is 0 Å². The number of rotatable bonds is 6. The molecule has 1 N–H and O–H groups in total. The average molecular weight is 273 g/mol. The van der Waals surface area contributed by atoms with E-state index in [9.17, 15) is 0 Å². The molecule has 4 nitrogen and oxygen atoms in total. The number of hydrogen-bond acceptors (Lipinski definition) is 4. The third kappa shape index (κ3) is 4.22. The minimum atomic E-state index is 0.669. The first kappa shape index (κ1) is 14.8. The van der Waals surface area contributed by atoms with Crippen molar-refractivity contribution in [2.45, 2.75) is 25.8 Å². The molecule has 1 aliphatic heterocycles. The summed E-state index contributed by atoms with van der Waals surface area (Å²) in [6, 6.07) is 10.1. The number of likely N-dealkylation sites (N-methyl/N-ethyl adjacent to an activating group) is 1. The van der Waals surface area contributed by atoms with Crippen LogP contribution < -0.4 is 10.1 Å². The van der Waals surface area contributed by atoms with E-state index >= 15 is 0 Å². The summed E-state index contributed by atoms with van der Waals surface area (Å²) in [5, 5.41) is 12.2. The second-order valence-electron chi connectivity index (χ2n) is 5.09. The van der Waals surface area contributed by atoms with Crippen LogP contribution in [0.2, 0.25) is 0 Å². The van der Waals surface area contributed by atoms with Crippen LogP contribution in [0.5, 0.6) is 5.75 Å². The molecular weight excluding hydrogens is 250 g/mol. The number of benzene rings is 1. The first-order chi connectivity index (χ1) is 9.83. The maximum Gasteiger partial charge on any atom is 0.119 e. The molecule has 108 valence electrons. The van der Waals surface area contributed by atoms with Gasteiger partial charge in [-0.05, 0) is 56.7 Å². The summed E-state index contributed by atoms with van der Waals surface area (Å²) in [6.07, 6.45) is 2.45. The molecule has 1 fully saturated rings. The molecule has 1 aromatic carbocycles. The standard InChI is InChI=1S/C16H23N3O/c1-2-19(15-7-9-18-10-8-15)11-12-20-16-5-3-14(13-17)4-6-16/h3-6,15,18H,2,7-12H2,1H3. The fourth-order valence-electron chi connectivity index (χ4n) is 2.68. The Morgan fingerprint density at radius 1 is 1.30 bits per heavy atom. The van der Waals surface area contributed by atoms with Crippen molar-refractivity contribution >= 4 is 0 Å². The zero-order chi connectivity index (χ0) is 14.2. The molecule has 4 heteroatoms. The molecule has 0 radical (unpaired) electrons. The fourth-order valence-corrected chi connectivity index (χ4v) is 2.68. The van der Waals surface area contributed by atoms with Gasteiger partial charge in [0.2, 0.25) is 0 Å². The Balaban J connectivity index is 1.76. The molecule has 1 saturated heterocycles. The summed E-state index contributed by atoms with van der Waals surface area (Å²) < 4.78 is 5.76. The van der Waals surface area contributed by atoms with Crippen molar-refractivity contribution < 1.29 is 4.74 Å². The van der Waals surface area contributed by atoms with E-state index in [1.807, 2.05) is 12.1 Å². The van der Waals surface area contributed by atoms with E-state index in [0.29, 0.717) is 18.2 Å². The number of hydrogen-bond donors (Lipinski definition) is 1. The minimum Gasteiger partial charge on any atom is -0.492 e. The largest absolute Gasteiger partial charge is 0.492 e. The Hall–Kier alpha value is -1.57. The summed E-state index contributed by atoms with van der Waals surface area (Å²) in [4.78, 5) is 2.50. The normalized spacial score (nSPS) is 16.1. The topological polar surface area (TPSA) is 48.3 Å². The molecule has 0 aliphatic carbocycles. The number of nitrogens with one attached hydrogen (secondary N) is 1. The third-order valence-corrected chi connectivity index (χ3v) is 3.86. The van der Waals surface area contributed by atoms with Gasteiger partial charge in [-0.25, -0.2) is 0 Å². The Bertz CT molecular complexity index is 432. The Morgan fingerprint density at radius 2 is 2.00 bits per heavy atom. The lowest BCUT2D eigenvalue weighted by Crippen LogP contribution is -2.44. The second-order valence-corrected chi connectivity index (χ2v) is 5.09. The highest BCUT2D eigenvalue weighted by Gasteiger charge is 2.19. The molecule has 0 amide bonds. The highest BCUT2D eigenvalue weighted by Crippen LogP contribution is 2.13. The van der Waals surface area contributed by atoms with Gasteiger partial charge in [0.25, 0.3) is 0 Å². The number of nitriles is 1. The van der Waals surface area contributed by atoms with Gasteiger partial charge in [-0.15, -0.1) is 0 Å². The van der Waals surface area contributed by atoms with Crippen LogP contribution in [0.3, 0.4) is 0 Å². The molecule has 0 aromatic heterocycles. The zero-order valence-electron chi connectivity index (χ0n) is 12.1. The molecule has 0 atom stereocenters. The summed E-state index contributed by atoms with van der Waals surface area (Å²) in [7, 11) is 0. The van der Waals surface area contributed by atoms with Gasteiger partial charge in [-0.2, -0.15) is 5.26 Å². The van der Waals surface area contributed by atoms with Crippen LogP contribution in [-0.2, 0) is 0 Å². The van der Waals surface area contributed by atoms with Crippen molar-refractivity contribution in [2.75, 3.05) is 32.8 Å². The van der Waals surface area contributed by atoms with Crippen LogP contribution in [-0.4, -0.2) is 43.7 Å². The summed E-state index contributed by atoms with van der Waals surface area (Å²) in [5.41, 5.74) is 0.669. The quantitative estimate of drug-likeness (QED) is 0.861. The first-order valence-electron chi connectivity index (χ1n) is 7.41. The molecule has 0 unspecified atom stereocenters. The molecule has 1 aromatic rings. The lowest BCUT2D eigenvalue weighted by atomic mass is 10.1. The lowest BCUT2D eigenvalue weighted by molar-refractivity contribution is 0.141. The van der Waals surface area contributed by atoms with Crippen LogP contribution in [0, 0.1) is 11.3 Å². The molecule has 2 rings (SSSR count). The van der Waals surface area contributed by atoms with E-state index in [1.54, 1.807) is 12.1 Å². The van der Waals surface area contributed by atoms with Gasteiger partial charge in [-0.1, -0.05) is 6.92 Å². The smallest absolute Gasteiger partial charge is 0.119 e. The molecular formula is C16H23N3O. The highest BCUT2D eigenvalue weighted by molar-refractivity contribution is 5.34. The van der Waals surface area contributed by atoms with E-state index in [0.717, 1.165) is 31.9 Å². The van der Waals surface area contributed by atoms with Crippen LogP contribution in [0.25, 0.3) is 0 Å². The Labute approximate surface area is 121 Å². The number of piperidine rings is 1. The van der Waals surface area contributed by atoms with E-state index < -0.39 is 0 Å². The Morgan fingerprint density at radius 3 is 2.60 bits per heavy atom. The number of nitrogens with zero attached hydrogens (tertiary/aromatic N) is 2. The second kappa shape index (κ2) is 7.88. The van der Waals surface area contributed by atoms with E-state index in [2.05, 4.69) is 23.2 Å². The van der Waals surface area contributed by atoms with Crippen molar-refractivity contribution in [1.29, 1.82) is 5.26 Å². The summed E-state index contributed by atoms with van der Waals surface area (Å²) in [5.74, 6) is 0.838. The average Bonchev–Trinajstić information content (AvgIpc) is 2.53. The fraction of sp³-hybridized carbons (Fsp3) is 0.562. The highest BCUT2D eigenvalue weighted by atomic mass is 16.5. The van der Waals surface area contributed by atoms with Crippen LogP contribution in [0.1, 0.15) is 25.3 Å². The van der Waals surface area contributed by atoms with Gasteiger partial charge in [0.1, 0.15) is 12.4 Å². The van der Waals surface area contributed by atoms with Crippen molar-refractivity contribution in [1.82, 2.24) is 10.2 Å². The van der Waals surface area contributed by atoms with Crippen LogP contribution in [0.4, 0.5) is 0 Å². The zero-order valence-corrected chi connectivity index (χ0v) is 12.1. The van der Waals surface area contributed by atoms with E-state index in [-0.39, 0.29) is 0 Å². The summed E-state index contributed by atoms with van der Waals surface area (Å²) in [6.45, 7) is 7.19. The van der Waals surface area contributed by atoms with Crippen molar-refractivity contribution in [3.63, 3.8) is 0 Å². The van der Waals surface area contributed by atoms with Crippen LogP contribution in [0.15, 0.2) is 24.3 Å². The van der Waals surface area contributed by atoms with Crippen molar-refractivity contribution in [2.24, 2.45) is 0 Å². The molecule has 0 bridgehead atoms.